The SMILES string of the molecule is CC(=O)N1CCC(C(=O)NCCc2sc(C)nc2C)CC1. The molecule has 21 heavy (non-hydrogen) atoms. The van der Waals surface area contributed by atoms with Gasteiger partial charge in [0.05, 0.1) is 10.7 Å². The van der Waals surface area contributed by atoms with Gasteiger partial charge in [0.2, 0.25) is 11.8 Å². The first-order valence-corrected chi connectivity index (χ1v) is 8.25. The monoisotopic (exact) mass is 309 g/mol. The number of carbonyl (C=O) groups is 2. The number of carbonyl (C=O) groups excluding carboxylic acids is 2. The highest BCUT2D eigenvalue weighted by molar-refractivity contribution is 7.11. The quantitative estimate of drug-likeness (QED) is 0.920. The summed E-state index contributed by atoms with van der Waals surface area (Å²) in [5.41, 5.74) is 1.07. The number of piperidine rings is 1. The Balaban J connectivity index is 1.73. The molecular weight excluding hydrogens is 286 g/mol. The number of hydrogen-bond donors (Lipinski definition) is 1. The summed E-state index contributed by atoms with van der Waals surface area (Å²) in [4.78, 5) is 30.8. The fraction of sp³-hybridized carbons (Fsp3) is 0.667. The van der Waals surface area contributed by atoms with Gasteiger partial charge in [-0.05, 0) is 26.7 Å². The lowest BCUT2D eigenvalue weighted by atomic mass is 9.96. The van der Waals surface area contributed by atoms with Crippen LogP contribution in [0.5, 0.6) is 0 Å². The van der Waals surface area contributed by atoms with Gasteiger partial charge in [-0.15, -0.1) is 11.3 Å². The molecule has 0 aromatic carbocycles. The number of hydrogen-bond acceptors (Lipinski definition) is 4. The van der Waals surface area contributed by atoms with E-state index in [1.54, 1.807) is 18.3 Å². The van der Waals surface area contributed by atoms with Gasteiger partial charge >= 0.3 is 0 Å². The van der Waals surface area contributed by atoms with E-state index in [1.165, 1.54) is 4.88 Å². The first kappa shape index (κ1) is 15.9. The minimum atomic E-state index is 0.0462. The third kappa shape index (κ3) is 4.27. The van der Waals surface area contributed by atoms with Crippen LogP contribution in [0.2, 0.25) is 0 Å². The topological polar surface area (TPSA) is 62.3 Å². The molecule has 0 saturated carbocycles. The van der Waals surface area contributed by atoms with Crippen LogP contribution in [0, 0.1) is 19.8 Å². The molecule has 1 aliphatic heterocycles. The van der Waals surface area contributed by atoms with E-state index in [9.17, 15) is 9.59 Å². The predicted molar refractivity (Wildman–Crippen MR) is 83.3 cm³/mol. The molecule has 116 valence electrons. The predicted octanol–water partition coefficient (Wildman–Crippen LogP) is 1.68. The van der Waals surface area contributed by atoms with E-state index >= 15 is 0 Å². The van der Waals surface area contributed by atoms with Crippen LogP contribution in [0.4, 0.5) is 0 Å². The summed E-state index contributed by atoms with van der Waals surface area (Å²) in [6.07, 6.45) is 2.38. The van der Waals surface area contributed by atoms with Crippen molar-refractivity contribution < 1.29 is 9.59 Å². The summed E-state index contributed by atoms with van der Waals surface area (Å²) in [6.45, 7) is 7.65. The van der Waals surface area contributed by atoms with Gasteiger partial charge in [0.25, 0.3) is 0 Å². The fourth-order valence-electron chi connectivity index (χ4n) is 2.71. The molecule has 1 saturated heterocycles. The van der Waals surface area contributed by atoms with Crippen molar-refractivity contribution in [2.45, 2.75) is 40.0 Å². The highest BCUT2D eigenvalue weighted by atomic mass is 32.1. The molecule has 5 nitrogen and oxygen atoms in total. The summed E-state index contributed by atoms with van der Waals surface area (Å²) in [7, 11) is 0. The molecule has 1 aromatic heterocycles. The number of nitrogens with zero attached hydrogens (tertiary/aromatic N) is 2. The number of aromatic nitrogens is 1. The lowest BCUT2D eigenvalue weighted by Crippen LogP contribution is -2.42. The molecule has 0 spiro atoms. The summed E-state index contributed by atoms with van der Waals surface area (Å²) in [5.74, 6) is 0.270. The molecule has 2 rings (SSSR count). The average Bonchev–Trinajstić information content (AvgIpc) is 2.77. The van der Waals surface area contributed by atoms with Gasteiger partial charge < -0.3 is 10.2 Å². The molecule has 0 aliphatic carbocycles. The van der Waals surface area contributed by atoms with Crippen molar-refractivity contribution in [2.75, 3.05) is 19.6 Å². The van der Waals surface area contributed by atoms with Gasteiger partial charge in [0.1, 0.15) is 0 Å². The molecule has 2 heterocycles. The smallest absolute Gasteiger partial charge is 0.223 e. The largest absolute Gasteiger partial charge is 0.355 e. The summed E-state index contributed by atoms with van der Waals surface area (Å²) < 4.78 is 0. The normalized spacial score (nSPS) is 16.0. The minimum absolute atomic E-state index is 0.0462. The summed E-state index contributed by atoms with van der Waals surface area (Å²) in [5, 5.41) is 4.09. The van der Waals surface area contributed by atoms with E-state index in [2.05, 4.69) is 10.3 Å². The Morgan fingerprint density at radius 3 is 2.52 bits per heavy atom. The molecule has 0 bridgehead atoms. The number of aryl methyl sites for hydroxylation is 2. The lowest BCUT2D eigenvalue weighted by molar-refractivity contribution is -0.133. The molecule has 0 atom stereocenters. The number of rotatable bonds is 4. The Morgan fingerprint density at radius 2 is 2.00 bits per heavy atom. The maximum absolute atomic E-state index is 12.1. The Bertz CT molecular complexity index is 519. The summed E-state index contributed by atoms with van der Waals surface area (Å²) in [6, 6.07) is 0. The Morgan fingerprint density at radius 1 is 1.33 bits per heavy atom. The number of thiazole rings is 1. The van der Waals surface area contributed by atoms with Crippen molar-refractivity contribution in [1.29, 1.82) is 0 Å². The fourth-order valence-corrected chi connectivity index (χ4v) is 3.64. The van der Waals surface area contributed by atoms with Crippen LogP contribution < -0.4 is 5.32 Å². The van der Waals surface area contributed by atoms with E-state index < -0.39 is 0 Å². The first-order valence-electron chi connectivity index (χ1n) is 7.43. The van der Waals surface area contributed by atoms with Crippen LogP contribution in [0.15, 0.2) is 0 Å². The molecule has 1 fully saturated rings. The maximum Gasteiger partial charge on any atom is 0.223 e. The zero-order valence-electron chi connectivity index (χ0n) is 12.9. The second-order valence-corrected chi connectivity index (χ2v) is 6.85. The molecule has 1 aromatic rings. The number of nitrogens with one attached hydrogen (secondary N) is 1. The number of likely N-dealkylation sites (tertiary alicyclic amines) is 1. The standard InChI is InChI=1S/C15H23N3O2S/c1-10-14(21-11(2)17-10)4-7-16-15(20)13-5-8-18(9-6-13)12(3)19/h13H,4-9H2,1-3H3,(H,16,20). The Labute approximate surface area is 129 Å². The molecule has 1 aliphatic rings. The van der Waals surface area contributed by atoms with Gasteiger partial charge in [-0.25, -0.2) is 4.98 Å². The highest BCUT2D eigenvalue weighted by Crippen LogP contribution is 2.19. The maximum atomic E-state index is 12.1. The second-order valence-electron chi connectivity index (χ2n) is 5.56. The van der Waals surface area contributed by atoms with E-state index in [4.69, 9.17) is 0 Å². The van der Waals surface area contributed by atoms with Crippen molar-refractivity contribution in [3.05, 3.63) is 15.6 Å². The summed E-state index contributed by atoms with van der Waals surface area (Å²) >= 11 is 1.70. The number of amides is 2. The average molecular weight is 309 g/mol. The minimum Gasteiger partial charge on any atom is -0.355 e. The third-order valence-corrected chi connectivity index (χ3v) is 5.09. The molecule has 6 heteroatoms. The van der Waals surface area contributed by atoms with Gasteiger partial charge in [-0.1, -0.05) is 0 Å². The zero-order valence-corrected chi connectivity index (χ0v) is 13.8. The Hall–Kier alpha value is -1.43. The molecular formula is C15H23N3O2S. The molecule has 2 amide bonds. The van der Waals surface area contributed by atoms with E-state index in [-0.39, 0.29) is 17.7 Å². The third-order valence-electron chi connectivity index (χ3n) is 3.96. The first-order chi connectivity index (χ1) is 9.97. The van der Waals surface area contributed by atoms with Crippen molar-refractivity contribution in [1.82, 2.24) is 15.2 Å². The molecule has 0 radical (unpaired) electrons. The van der Waals surface area contributed by atoms with E-state index in [0.717, 1.165) is 30.0 Å². The lowest BCUT2D eigenvalue weighted by Gasteiger charge is -2.30. The van der Waals surface area contributed by atoms with Crippen LogP contribution in [-0.2, 0) is 16.0 Å². The van der Waals surface area contributed by atoms with Gasteiger partial charge in [-0.3, -0.25) is 9.59 Å². The van der Waals surface area contributed by atoms with Gasteiger partial charge in [-0.2, -0.15) is 0 Å². The van der Waals surface area contributed by atoms with Crippen molar-refractivity contribution >= 4 is 23.2 Å². The second kappa shape index (κ2) is 7.02. The Kier molecular flexibility index (Phi) is 5.33. The van der Waals surface area contributed by atoms with Gasteiger partial charge in [0, 0.05) is 43.8 Å². The van der Waals surface area contributed by atoms with Crippen molar-refractivity contribution in [2.24, 2.45) is 5.92 Å². The van der Waals surface area contributed by atoms with Gasteiger partial charge in [0.15, 0.2) is 0 Å². The van der Waals surface area contributed by atoms with Crippen LogP contribution in [0.3, 0.4) is 0 Å². The molecule has 0 unspecified atom stereocenters. The zero-order chi connectivity index (χ0) is 15.4. The van der Waals surface area contributed by atoms with Crippen LogP contribution in [-0.4, -0.2) is 41.3 Å². The highest BCUT2D eigenvalue weighted by Gasteiger charge is 2.25. The van der Waals surface area contributed by atoms with Crippen molar-refractivity contribution in [3.63, 3.8) is 0 Å². The van der Waals surface area contributed by atoms with Crippen LogP contribution >= 0.6 is 11.3 Å². The van der Waals surface area contributed by atoms with Crippen LogP contribution in [0.1, 0.15) is 35.3 Å². The van der Waals surface area contributed by atoms with Crippen LogP contribution in [0.25, 0.3) is 0 Å². The van der Waals surface area contributed by atoms with E-state index in [0.29, 0.717) is 19.6 Å². The van der Waals surface area contributed by atoms with E-state index in [1.807, 2.05) is 18.7 Å². The van der Waals surface area contributed by atoms with Crippen molar-refractivity contribution in [3.8, 4) is 0 Å². The molecule has 1 N–H and O–H groups in total.